The molecule has 0 aromatic carbocycles. The van der Waals surface area contributed by atoms with Crippen molar-refractivity contribution in [2.45, 2.75) is 20.4 Å². The van der Waals surface area contributed by atoms with Crippen LogP contribution in [0.4, 0.5) is 6.01 Å². The van der Waals surface area contributed by atoms with Crippen molar-refractivity contribution < 1.29 is 8.94 Å². The molecule has 2 aromatic rings. The van der Waals surface area contributed by atoms with Gasteiger partial charge in [0.05, 0.1) is 12.2 Å². The highest BCUT2D eigenvalue weighted by atomic mass is 16.5. The van der Waals surface area contributed by atoms with Crippen molar-refractivity contribution in [3.63, 3.8) is 0 Å². The Bertz CT molecular complexity index is 379. The summed E-state index contributed by atoms with van der Waals surface area (Å²) in [6.45, 7) is 4.28. The molecule has 0 aliphatic rings. The molecule has 5 nitrogen and oxygen atoms in total. The fourth-order valence-electron chi connectivity index (χ4n) is 1.10. The highest BCUT2D eigenvalue weighted by Gasteiger charge is 2.02. The van der Waals surface area contributed by atoms with E-state index in [1.165, 1.54) is 0 Å². The van der Waals surface area contributed by atoms with Crippen LogP contribution < -0.4 is 5.32 Å². The summed E-state index contributed by atoms with van der Waals surface area (Å²) in [6, 6.07) is 2.37. The molecule has 14 heavy (non-hydrogen) atoms. The first kappa shape index (κ1) is 8.80. The standard InChI is InChI=1S/C9H11N3O2/c1-6-5-13-9(11-6)10-4-8-3-7(2)14-12-8/h3,5H,4H2,1-2H3,(H,10,11). The lowest BCUT2D eigenvalue weighted by Gasteiger charge is -1.95. The van der Waals surface area contributed by atoms with Crippen molar-refractivity contribution in [3.8, 4) is 0 Å². The fraction of sp³-hybridized carbons (Fsp3) is 0.333. The number of nitrogens with zero attached hydrogens (tertiary/aromatic N) is 2. The van der Waals surface area contributed by atoms with Crippen LogP contribution in [0.25, 0.3) is 0 Å². The minimum absolute atomic E-state index is 0.503. The van der Waals surface area contributed by atoms with Gasteiger partial charge in [0, 0.05) is 6.07 Å². The summed E-state index contributed by atoms with van der Waals surface area (Å²) in [4.78, 5) is 4.10. The second-order valence-electron chi connectivity index (χ2n) is 3.08. The topological polar surface area (TPSA) is 64.1 Å². The third kappa shape index (κ3) is 1.93. The predicted octanol–water partition coefficient (Wildman–Crippen LogP) is 1.89. The van der Waals surface area contributed by atoms with Gasteiger partial charge in [0.15, 0.2) is 0 Å². The van der Waals surface area contributed by atoms with Gasteiger partial charge in [-0.15, -0.1) is 0 Å². The molecule has 2 aromatic heterocycles. The summed E-state index contributed by atoms with van der Waals surface area (Å²) in [7, 11) is 0. The second kappa shape index (κ2) is 3.53. The Balaban J connectivity index is 1.94. The third-order valence-electron chi connectivity index (χ3n) is 1.72. The lowest BCUT2D eigenvalue weighted by atomic mass is 10.4. The molecule has 0 aliphatic heterocycles. The minimum atomic E-state index is 0.503. The van der Waals surface area contributed by atoms with Gasteiger partial charge in [0.1, 0.15) is 17.7 Å². The van der Waals surface area contributed by atoms with Crippen LogP contribution in [0.1, 0.15) is 17.1 Å². The molecule has 1 N–H and O–H groups in total. The fourth-order valence-corrected chi connectivity index (χ4v) is 1.10. The van der Waals surface area contributed by atoms with Gasteiger partial charge in [-0.05, 0) is 13.8 Å². The zero-order valence-corrected chi connectivity index (χ0v) is 8.07. The molecule has 74 valence electrons. The van der Waals surface area contributed by atoms with Crippen molar-refractivity contribution >= 4 is 6.01 Å². The van der Waals surface area contributed by atoms with E-state index in [9.17, 15) is 0 Å². The average Bonchev–Trinajstić information content (AvgIpc) is 2.72. The van der Waals surface area contributed by atoms with Gasteiger partial charge in [-0.1, -0.05) is 5.16 Å². The quantitative estimate of drug-likeness (QED) is 0.806. The number of aromatic nitrogens is 2. The minimum Gasteiger partial charge on any atom is -0.432 e. The molecular formula is C9H11N3O2. The maximum absolute atomic E-state index is 5.11. The van der Waals surface area contributed by atoms with Crippen LogP contribution in [-0.4, -0.2) is 10.1 Å². The average molecular weight is 193 g/mol. The van der Waals surface area contributed by atoms with Crippen LogP contribution in [0.3, 0.4) is 0 Å². The lowest BCUT2D eigenvalue weighted by Crippen LogP contribution is -1.99. The van der Waals surface area contributed by atoms with E-state index in [1.54, 1.807) is 6.26 Å². The molecule has 2 heterocycles. The highest BCUT2D eigenvalue weighted by molar-refractivity contribution is 5.22. The maximum atomic E-state index is 5.11. The first-order valence-corrected chi connectivity index (χ1v) is 4.32. The molecule has 0 radical (unpaired) electrons. The molecule has 0 saturated carbocycles. The Hall–Kier alpha value is -1.78. The second-order valence-corrected chi connectivity index (χ2v) is 3.08. The van der Waals surface area contributed by atoms with Gasteiger partial charge in [0.25, 0.3) is 6.01 Å². The van der Waals surface area contributed by atoms with E-state index in [4.69, 9.17) is 8.94 Å². The molecule has 5 heteroatoms. The van der Waals surface area contributed by atoms with Gasteiger partial charge < -0.3 is 14.3 Å². The summed E-state index contributed by atoms with van der Waals surface area (Å²) in [6.07, 6.45) is 1.59. The molecular weight excluding hydrogens is 182 g/mol. The predicted molar refractivity (Wildman–Crippen MR) is 49.8 cm³/mol. The van der Waals surface area contributed by atoms with E-state index in [0.29, 0.717) is 12.6 Å². The molecule has 0 unspecified atom stereocenters. The van der Waals surface area contributed by atoms with E-state index in [2.05, 4.69) is 15.5 Å². The number of nitrogens with one attached hydrogen (secondary N) is 1. The highest BCUT2D eigenvalue weighted by Crippen LogP contribution is 2.08. The number of rotatable bonds is 3. The summed E-state index contributed by atoms with van der Waals surface area (Å²) in [5.41, 5.74) is 1.68. The van der Waals surface area contributed by atoms with E-state index in [-0.39, 0.29) is 0 Å². The van der Waals surface area contributed by atoms with Crippen LogP contribution >= 0.6 is 0 Å². The normalized spacial score (nSPS) is 10.4. The first-order valence-electron chi connectivity index (χ1n) is 4.32. The molecule has 0 saturated heterocycles. The Morgan fingerprint density at radius 3 is 2.86 bits per heavy atom. The molecule has 0 bridgehead atoms. The SMILES string of the molecule is Cc1coc(NCc2cc(C)on2)n1. The van der Waals surface area contributed by atoms with Gasteiger partial charge in [-0.3, -0.25) is 0 Å². The smallest absolute Gasteiger partial charge is 0.295 e. The van der Waals surface area contributed by atoms with E-state index >= 15 is 0 Å². The van der Waals surface area contributed by atoms with Gasteiger partial charge in [0.2, 0.25) is 0 Å². The number of aryl methyl sites for hydroxylation is 2. The van der Waals surface area contributed by atoms with Crippen molar-refractivity contribution in [2.75, 3.05) is 5.32 Å². The Morgan fingerprint density at radius 1 is 1.43 bits per heavy atom. The summed E-state index contributed by atoms with van der Waals surface area (Å²) in [5.74, 6) is 0.797. The zero-order chi connectivity index (χ0) is 9.97. The van der Waals surface area contributed by atoms with Crippen molar-refractivity contribution in [1.29, 1.82) is 0 Å². The Kier molecular flexibility index (Phi) is 2.22. The largest absolute Gasteiger partial charge is 0.432 e. The number of anilines is 1. The molecule has 0 amide bonds. The molecule has 2 rings (SSSR count). The molecule has 0 atom stereocenters. The number of hydrogen-bond acceptors (Lipinski definition) is 5. The van der Waals surface area contributed by atoms with Gasteiger partial charge in [-0.2, -0.15) is 4.98 Å². The maximum Gasteiger partial charge on any atom is 0.295 e. The Morgan fingerprint density at radius 2 is 2.29 bits per heavy atom. The van der Waals surface area contributed by atoms with Crippen molar-refractivity contribution in [1.82, 2.24) is 10.1 Å². The third-order valence-corrected chi connectivity index (χ3v) is 1.72. The van der Waals surface area contributed by atoms with Crippen LogP contribution in [0.5, 0.6) is 0 Å². The zero-order valence-electron chi connectivity index (χ0n) is 8.07. The van der Waals surface area contributed by atoms with E-state index in [1.807, 2.05) is 19.9 Å². The number of oxazole rings is 1. The van der Waals surface area contributed by atoms with E-state index in [0.717, 1.165) is 17.1 Å². The van der Waals surface area contributed by atoms with Gasteiger partial charge >= 0.3 is 0 Å². The summed E-state index contributed by atoms with van der Waals surface area (Å²) >= 11 is 0. The van der Waals surface area contributed by atoms with Crippen molar-refractivity contribution in [3.05, 3.63) is 29.5 Å². The van der Waals surface area contributed by atoms with Crippen LogP contribution in [0.2, 0.25) is 0 Å². The molecule has 0 aliphatic carbocycles. The monoisotopic (exact) mass is 193 g/mol. The van der Waals surface area contributed by atoms with Crippen LogP contribution in [0, 0.1) is 13.8 Å². The lowest BCUT2D eigenvalue weighted by molar-refractivity contribution is 0.391. The Labute approximate surface area is 81.1 Å². The van der Waals surface area contributed by atoms with E-state index < -0.39 is 0 Å². The van der Waals surface area contributed by atoms with Crippen LogP contribution in [-0.2, 0) is 6.54 Å². The summed E-state index contributed by atoms with van der Waals surface area (Å²) in [5, 5.41) is 6.83. The number of hydrogen-bond donors (Lipinski definition) is 1. The van der Waals surface area contributed by atoms with Crippen molar-refractivity contribution in [2.24, 2.45) is 0 Å². The van der Waals surface area contributed by atoms with Crippen LogP contribution in [0.15, 0.2) is 21.3 Å². The molecule has 0 spiro atoms. The van der Waals surface area contributed by atoms with Gasteiger partial charge in [-0.25, -0.2) is 0 Å². The first-order chi connectivity index (χ1) is 6.74. The summed E-state index contributed by atoms with van der Waals surface area (Å²) < 4.78 is 10.0. The molecule has 0 fully saturated rings.